The van der Waals surface area contributed by atoms with E-state index < -0.39 is 6.10 Å². The number of hydrogen-bond donors (Lipinski definition) is 0. The highest BCUT2D eigenvalue weighted by atomic mass is 16.6. The van der Waals surface area contributed by atoms with Gasteiger partial charge in [-0.25, -0.2) is 0 Å². The number of esters is 2. The molecule has 0 rings (SSSR count). The largest absolute Gasteiger partial charge is 0.462 e. The number of rotatable bonds is 54. The standard InChI is InChI=1S/C57H112O5/c1-4-7-10-13-16-19-22-24-26-28-29-30-31-33-36-39-42-45-48-51-57(59)62-55(54-61-56(58)50-47-44-41-38-35-21-18-15-12-9-6-3)53-60-52-49-46-43-40-37-34-32-27-25-23-20-17-14-11-8-5-2/h55H,4-54H2,1-3H3/t55-/m1/s1. The van der Waals surface area contributed by atoms with Crippen LogP contribution in [-0.2, 0) is 23.8 Å². The Labute approximate surface area is 389 Å². The Hall–Kier alpha value is -1.10. The van der Waals surface area contributed by atoms with Crippen molar-refractivity contribution in [1.29, 1.82) is 0 Å². The fraction of sp³-hybridized carbons (Fsp3) is 0.965. The first-order valence-electron chi connectivity index (χ1n) is 28.6. The van der Waals surface area contributed by atoms with Crippen LogP contribution in [0.2, 0.25) is 0 Å². The van der Waals surface area contributed by atoms with Crippen LogP contribution < -0.4 is 0 Å². The molecule has 0 amide bonds. The summed E-state index contributed by atoms with van der Waals surface area (Å²) in [6.45, 7) is 7.92. The fourth-order valence-corrected chi connectivity index (χ4v) is 8.87. The van der Waals surface area contributed by atoms with E-state index in [-0.39, 0.29) is 18.5 Å². The van der Waals surface area contributed by atoms with Gasteiger partial charge in [0.25, 0.3) is 0 Å². The minimum Gasteiger partial charge on any atom is -0.462 e. The summed E-state index contributed by atoms with van der Waals surface area (Å²) in [7, 11) is 0. The van der Waals surface area contributed by atoms with Gasteiger partial charge in [0.05, 0.1) is 6.61 Å². The van der Waals surface area contributed by atoms with Gasteiger partial charge < -0.3 is 14.2 Å². The average molecular weight is 878 g/mol. The zero-order valence-corrected chi connectivity index (χ0v) is 42.7. The van der Waals surface area contributed by atoms with Crippen LogP contribution in [0.3, 0.4) is 0 Å². The van der Waals surface area contributed by atoms with Gasteiger partial charge in [-0.15, -0.1) is 0 Å². The minimum absolute atomic E-state index is 0.0980. The van der Waals surface area contributed by atoms with Gasteiger partial charge in [0, 0.05) is 19.4 Å². The lowest BCUT2D eigenvalue weighted by Crippen LogP contribution is -2.30. The molecule has 0 aromatic rings. The van der Waals surface area contributed by atoms with E-state index in [1.54, 1.807) is 0 Å². The van der Waals surface area contributed by atoms with E-state index in [9.17, 15) is 9.59 Å². The molecule has 62 heavy (non-hydrogen) atoms. The molecule has 0 saturated carbocycles. The number of ether oxygens (including phenoxy) is 3. The van der Waals surface area contributed by atoms with Crippen molar-refractivity contribution in [3.63, 3.8) is 0 Å². The fourth-order valence-electron chi connectivity index (χ4n) is 8.87. The molecule has 0 saturated heterocycles. The van der Waals surface area contributed by atoms with Crippen molar-refractivity contribution in [2.24, 2.45) is 0 Å². The summed E-state index contributed by atoms with van der Waals surface area (Å²) in [5.74, 6) is -0.368. The molecule has 0 N–H and O–H groups in total. The second-order valence-corrected chi connectivity index (χ2v) is 19.6. The summed E-state index contributed by atoms with van der Waals surface area (Å²) >= 11 is 0. The highest BCUT2D eigenvalue weighted by Crippen LogP contribution is 2.17. The van der Waals surface area contributed by atoms with Gasteiger partial charge in [0.2, 0.25) is 0 Å². The molecule has 0 bridgehead atoms. The molecule has 1 atom stereocenters. The molecule has 0 spiro atoms. The summed E-state index contributed by atoms with van der Waals surface area (Å²) in [5, 5.41) is 0. The summed E-state index contributed by atoms with van der Waals surface area (Å²) in [6.07, 6.45) is 61.2. The van der Waals surface area contributed by atoms with E-state index in [2.05, 4.69) is 20.8 Å². The Balaban J connectivity index is 4.14. The van der Waals surface area contributed by atoms with Gasteiger partial charge in [-0.3, -0.25) is 9.59 Å². The highest BCUT2D eigenvalue weighted by Gasteiger charge is 2.17. The molecule has 0 aromatic heterocycles. The predicted octanol–water partition coefficient (Wildman–Crippen LogP) is 19.2. The summed E-state index contributed by atoms with van der Waals surface area (Å²) in [5.41, 5.74) is 0. The van der Waals surface area contributed by atoms with Gasteiger partial charge in [-0.1, -0.05) is 297 Å². The van der Waals surface area contributed by atoms with Crippen LogP contribution in [0.25, 0.3) is 0 Å². The van der Waals surface area contributed by atoms with Crippen molar-refractivity contribution >= 4 is 11.9 Å². The van der Waals surface area contributed by atoms with Gasteiger partial charge >= 0.3 is 11.9 Å². The third-order valence-corrected chi connectivity index (χ3v) is 13.1. The Morgan fingerprint density at radius 2 is 0.532 bits per heavy atom. The number of carbonyl (C=O) groups is 2. The van der Waals surface area contributed by atoms with Crippen LogP contribution >= 0.6 is 0 Å². The second-order valence-electron chi connectivity index (χ2n) is 19.6. The van der Waals surface area contributed by atoms with Crippen molar-refractivity contribution in [3.8, 4) is 0 Å². The maximum absolute atomic E-state index is 12.8. The number of unbranched alkanes of at least 4 members (excludes halogenated alkanes) is 43. The van der Waals surface area contributed by atoms with Gasteiger partial charge in [-0.2, -0.15) is 0 Å². The zero-order valence-electron chi connectivity index (χ0n) is 42.7. The van der Waals surface area contributed by atoms with Crippen LogP contribution in [0.1, 0.15) is 329 Å². The first-order chi connectivity index (χ1) is 30.6. The quantitative estimate of drug-likeness (QED) is 0.0450. The molecule has 370 valence electrons. The van der Waals surface area contributed by atoms with E-state index in [4.69, 9.17) is 14.2 Å². The molecule has 5 nitrogen and oxygen atoms in total. The monoisotopic (exact) mass is 877 g/mol. The maximum Gasteiger partial charge on any atom is 0.306 e. The van der Waals surface area contributed by atoms with Gasteiger partial charge in [-0.05, 0) is 19.3 Å². The molecule has 0 fully saturated rings. The lowest BCUT2D eigenvalue weighted by atomic mass is 10.0. The third kappa shape index (κ3) is 51.5. The average Bonchev–Trinajstić information content (AvgIpc) is 3.27. The van der Waals surface area contributed by atoms with E-state index >= 15 is 0 Å². The van der Waals surface area contributed by atoms with Crippen molar-refractivity contribution in [2.45, 2.75) is 335 Å². The highest BCUT2D eigenvalue weighted by molar-refractivity contribution is 5.70. The lowest BCUT2D eigenvalue weighted by molar-refractivity contribution is -0.163. The van der Waals surface area contributed by atoms with Crippen LogP contribution in [0.5, 0.6) is 0 Å². The Morgan fingerprint density at radius 1 is 0.290 bits per heavy atom. The third-order valence-electron chi connectivity index (χ3n) is 13.1. The van der Waals surface area contributed by atoms with Gasteiger partial charge in [0.15, 0.2) is 6.10 Å². The first-order valence-corrected chi connectivity index (χ1v) is 28.6. The maximum atomic E-state index is 12.8. The molecule has 0 radical (unpaired) electrons. The van der Waals surface area contributed by atoms with Crippen LogP contribution in [0.4, 0.5) is 0 Å². The predicted molar refractivity (Wildman–Crippen MR) is 270 cm³/mol. The molecular weight excluding hydrogens is 765 g/mol. The molecule has 0 aliphatic heterocycles. The normalized spacial score (nSPS) is 12.0. The summed E-state index contributed by atoms with van der Waals surface area (Å²) in [6, 6.07) is 0. The van der Waals surface area contributed by atoms with E-state index in [1.807, 2.05) is 0 Å². The van der Waals surface area contributed by atoms with Crippen LogP contribution in [0.15, 0.2) is 0 Å². The SMILES string of the molecule is CCCCCCCCCCCCCCCCCCCCCC(=O)O[C@H](COCCCCCCCCCCCCCCCCCC)COC(=O)CCCCCCCCCCCCC. The number of hydrogen-bond acceptors (Lipinski definition) is 5. The Morgan fingerprint density at radius 3 is 0.823 bits per heavy atom. The zero-order chi connectivity index (χ0) is 44.9. The molecule has 5 heteroatoms. The number of carbonyl (C=O) groups excluding carboxylic acids is 2. The topological polar surface area (TPSA) is 61.8 Å². The smallest absolute Gasteiger partial charge is 0.306 e. The van der Waals surface area contributed by atoms with Crippen molar-refractivity contribution < 1.29 is 23.8 Å². The summed E-state index contributed by atoms with van der Waals surface area (Å²) in [4.78, 5) is 25.4. The Kier molecular flexibility index (Phi) is 53.3. The van der Waals surface area contributed by atoms with Crippen molar-refractivity contribution in [3.05, 3.63) is 0 Å². The molecule has 0 unspecified atom stereocenters. The minimum atomic E-state index is -0.523. The molecule has 0 aliphatic carbocycles. The van der Waals surface area contributed by atoms with Crippen LogP contribution in [-0.4, -0.2) is 37.9 Å². The summed E-state index contributed by atoms with van der Waals surface area (Å²) < 4.78 is 17.5. The second kappa shape index (κ2) is 54.2. The molecule has 0 aliphatic rings. The van der Waals surface area contributed by atoms with Gasteiger partial charge in [0.1, 0.15) is 6.61 Å². The van der Waals surface area contributed by atoms with Crippen LogP contribution in [0, 0.1) is 0 Å². The van der Waals surface area contributed by atoms with E-state index in [0.717, 1.165) is 32.1 Å². The molecule has 0 heterocycles. The van der Waals surface area contributed by atoms with Crippen molar-refractivity contribution in [1.82, 2.24) is 0 Å². The lowest BCUT2D eigenvalue weighted by Gasteiger charge is -2.18. The first kappa shape index (κ1) is 60.9. The van der Waals surface area contributed by atoms with Crippen molar-refractivity contribution in [2.75, 3.05) is 19.8 Å². The van der Waals surface area contributed by atoms with E-state index in [0.29, 0.717) is 26.1 Å². The van der Waals surface area contributed by atoms with E-state index in [1.165, 1.54) is 263 Å². The Bertz CT molecular complexity index is 860. The molecule has 0 aromatic carbocycles. The molecular formula is C57H112O5.